The first-order valence-corrected chi connectivity index (χ1v) is 7.19. The first-order chi connectivity index (χ1) is 10.2. The highest BCUT2D eigenvalue weighted by Gasteiger charge is 2.28. The third-order valence-electron chi connectivity index (χ3n) is 3.88. The number of aromatic nitrogens is 3. The molecule has 1 amide bonds. The van der Waals surface area contributed by atoms with Gasteiger partial charge in [0.15, 0.2) is 5.82 Å². The van der Waals surface area contributed by atoms with Gasteiger partial charge in [-0.15, -0.1) is 0 Å². The molecule has 2 heterocycles. The molecular formula is C15H19N5O. The normalized spacial score (nSPS) is 18.2. The third kappa shape index (κ3) is 2.67. The van der Waals surface area contributed by atoms with Gasteiger partial charge in [-0.05, 0) is 31.9 Å². The second-order valence-electron chi connectivity index (χ2n) is 5.36. The summed E-state index contributed by atoms with van der Waals surface area (Å²) in [5.41, 5.74) is 7.25. The van der Waals surface area contributed by atoms with Crippen LogP contribution in [0.15, 0.2) is 24.3 Å². The van der Waals surface area contributed by atoms with E-state index >= 15 is 0 Å². The van der Waals surface area contributed by atoms with E-state index in [0.29, 0.717) is 17.9 Å². The Morgan fingerprint density at radius 2 is 2.38 bits per heavy atom. The molecule has 1 unspecified atom stereocenters. The van der Waals surface area contributed by atoms with Gasteiger partial charge in [0.2, 0.25) is 0 Å². The van der Waals surface area contributed by atoms with Crippen molar-refractivity contribution in [2.45, 2.75) is 25.8 Å². The summed E-state index contributed by atoms with van der Waals surface area (Å²) in [5, 5.41) is 6.95. The zero-order chi connectivity index (χ0) is 14.8. The van der Waals surface area contributed by atoms with Gasteiger partial charge in [-0.2, -0.15) is 5.10 Å². The molecule has 6 heteroatoms. The lowest BCUT2D eigenvalue weighted by Gasteiger charge is -2.23. The van der Waals surface area contributed by atoms with Crippen molar-refractivity contribution in [3.05, 3.63) is 35.7 Å². The number of likely N-dealkylation sites (tertiary alicyclic amines) is 1. The number of aryl methyl sites for hydroxylation is 1. The summed E-state index contributed by atoms with van der Waals surface area (Å²) in [6.07, 6.45) is 2.01. The van der Waals surface area contributed by atoms with Crippen LogP contribution in [0.4, 0.5) is 0 Å². The minimum Gasteiger partial charge on any atom is -0.334 e. The van der Waals surface area contributed by atoms with Crippen LogP contribution in [0.5, 0.6) is 0 Å². The van der Waals surface area contributed by atoms with Gasteiger partial charge in [-0.3, -0.25) is 9.89 Å². The maximum atomic E-state index is 12.6. The maximum Gasteiger partial charge on any atom is 0.254 e. The predicted molar refractivity (Wildman–Crippen MR) is 79.7 cm³/mol. The molecule has 0 spiro atoms. The van der Waals surface area contributed by atoms with Gasteiger partial charge in [0.25, 0.3) is 5.91 Å². The van der Waals surface area contributed by atoms with E-state index in [9.17, 15) is 4.79 Å². The number of hydrogen-bond acceptors (Lipinski definition) is 4. The number of amides is 1. The number of nitrogens with zero attached hydrogens (tertiary/aromatic N) is 3. The van der Waals surface area contributed by atoms with Crippen LogP contribution in [-0.2, 0) is 0 Å². The number of carbonyl (C=O) groups excluding carboxylic acids is 1. The molecule has 2 aromatic rings. The summed E-state index contributed by atoms with van der Waals surface area (Å²) in [6.45, 7) is 3.15. The fraction of sp³-hybridized carbons (Fsp3) is 0.400. The van der Waals surface area contributed by atoms with Crippen LogP contribution >= 0.6 is 0 Å². The summed E-state index contributed by atoms with van der Waals surface area (Å²) in [6, 6.07) is 7.60. The van der Waals surface area contributed by atoms with Gasteiger partial charge < -0.3 is 10.6 Å². The molecule has 0 aliphatic carbocycles. The van der Waals surface area contributed by atoms with E-state index in [1.807, 2.05) is 36.1 Å². The smallest absolute Gasteiger partial charge is 0.254 e. The van der Waals surface area contributed by atoms with Gasteiger partial charge in [-0.25, -0.2) is 4.98 Å². The molecule has 0 bridgehead atoms. The summed E-state index contributed by atoms with van der Waals surface area (Å²) in [7, 11) is 0. The van der Waals surface area contributed by atoms with Crippen molar-refractivity contribution in [2.24, 2.45) is 5.73 Å². The van der Waals surface area contributed by atoms with Crippen molar-refractivity contribution in [1.82, 2.24) is 20.1 Å². The Bertz CT molecular complexity index is 651. The highest BCUT2D eigenvalue weighted by atomic mass is 16.2. The van der Waals surface area contributed by atoms with Crippen LogP contribution in [0.3, 0.4) is 0 Å². The minimum atomic E-state index is 0.0389. The van der Waals surface area contributed by atoms with Gasteiger partial charge in [0.05, 0.1) is 0 Å². The molecule has 21 heavy (non-hydrogen) atoms. The lowest BCUT2D eigenvalue weighted by Crippen LogP contribution is -2.39. The second kappa shape index (κ2) is 5.65. The monoisotopic (exact) mass is 285 g/mol. The van der Waals surface area contributed by atoms with Crippen LogP contribution < -0.4 is 5.73 Å². The molecule has 1 aliphatic heterocycles. The number of carbonyl (C=O) groups is 1. The van der Waals surface area contributed by atoms with Crippen molar-refractivity contribution in [3.63, 3.8) is 0 Å². The lowest BCUT2D eigenvalue weighted by atomic mass is 10.1. The second-order valence-corrected chi connectivity index (χ2v) is 5.36. The molecule has 1 saturated heterocycles. The number of rotatable bonds is 3. The molecule has 6 nitrogen and oxygen atoms in total. The van der Waals surface area contributed by atoms with E-state index in [1.165, 1.54) is 0 Å². The van der Waals surface area contributed by atoms with E-state index in [0.717, 1.165) is 30.8 Å². The summed E-state index contributed by atoms with van der Waals surface area (Å²) >= 11 is 0. The highest BCUT2D eigenvalue weighted by molar-refractivity contribution is 5.95. The number of benzene rings is 1. The molecular weight excluding hydrogens is 266 g/mol. The molecule has 1 atom stereocenters. The maximum absolute atomic E-state index is 12.6. The average molecular weight is 285 g/mol. The van der Waals surface area contributed by atoms with E-state index < -0.39 is 0 Å². The molecule has 0 radical (unpaired) electrons. The largest absolute Gasteiger partial charge is 0.334 e. The van der Waals surface area contributed by atoms with E-state index in [-0.39, 0.29) is 11.9 Å². The highest BCUT2D eigenvalue weighted by Crippen LogP contribution is 2.22. The zero-order valence-electron chi connectivity index (χ0n) is 12.0. The fourth-order valence-electron chi connectivity index (χ4n) is 2.78. The Labute approximate surface area is 123 Å². The number of nitrogens with two attached hydrogens (primary N) is 1. The molecule has 0 saturated carbocycles. The third-order valence-corrected chi connectivity index (χ3v) is 3.88. The van der Waals surface area contributed by atoms with Crippen LogP contribution in [0.2, 0.25) is 0 Å². The van der Waals surface area contributed by atoms with Gasteiger partial charge in [0, 0.05) is 30.3 Å². The van der Waals surface area contributed by atoms with Crippen molar-refractivity contribution < 1.29 is 4.79 Å². The molecule has 1 aromatic carbocycles. The van der Waals surface area contributed by atoms with Crippen molar-refractivity contribution in [2.75, 3.05) is 13.1 Å². The van der Waals surface area contributed by atoms with Gasteiger partial charge >= 0.3 is 0 Å². The topological polar surface area (TPSA) is 87.9 Å². The van der Waals surface area contributed by atoms with E-state index in [1.54, 1.807) is 0 Å². The van der Waals surface area contributed by atoms with Crippen molar-refractivity contribution >= 4 is 5.91 Å². The van der Waals surface area contributed by atoms with Gasteiger partial charge in [0.1, 0.15) is 5.82 Å². The minimum absolute atomic E-state index is 0.0389. The molecule has 3 N–H and O–H groups in total. The van der Waals surface area contributed by atoms with Gasteiger partial charge in [-0.1, -0.05) is 12.1 Å². The predicted octanol–water partition coefficient (Wildman–Crippen LogP) is 1.34. The zero-order valence-corrected chi connectivity index (χ0v) is 12.0. The molecule has 1 aromatic heterocycles. The number of nitrogens with one attached hydrogen (secondary N) is 1. The fourth-order valence-corrected chi connectivity index (χ4v) is 2.78. The Morgan fingerprint density at radius 1 is 1.52 bits per heavy atom. The Hall–Kier alpha value is -2.21. The van der Waals surface area contributed by atoms with Crippen LogP contribution in [0.25, 0.3) is 11.4 Å². The van der Waals surface area contributed by atoms with Crippen molar-refractivity contribution in [3.8, 4) is 11.4 Å². The standard InChI is InChI=1S/C15H19N5O/c1-10-17-14(19-18-10)11-4-2-5-12(8-11)15(21)20-7-3-6-13(20)9-16/h2,4-5,8,13H,3,6-7,9,16H2,1H3,(H,17,18,19). The van der Waals surface area contributed by atoms with Crippen LogP contribution in [0, 0.1) is 6.92 Å². The summed E-state index contributed by atoms with van der Waals surface area (Å²) in [5.74, 6) is 1.40. The molecule has 110 valence electrons. The van der Waals surface area contributed by atoms with Crippen LogP contribution in [0.1, 0.15) is 29.0 Å². The van der Waals surface area contributed by atoms with E-state index in [4.69, 9.17) is 5.73 Å². The van der Waals surface area contributed by atoms with Crippen LogP contribution in [-0.4, -0.2) is 45.1 Å². The molecule has 1 fully saturated rings. The summed E-state index contributed by atoms with van der Waals surface area (Å²) < 4.78 is 0. The van der Waals surface area contributed by atoms with Crippen molar-refractivity contribution in [1.29, 1.82) is 0 Å². The molecule has 1 aliphatic rings. The first kappa shape index (κ1) is 13.8. The first-order valence-electron chi connectivity index (χ1n) is 7.19. The Morgan fingerprint density at radius 3 is 3.10 bits per heavy atom. The SMILES string of the molecule is Cc1nc(-c2cccc(C(=O)N3CCCC3CN)c2)n[nH]1. The Balaban J connectivity index is 1.87. The lowest BCUT2D eigenvalue weighted by molar-refractivity contribution is 0.0741. The van der Waals surface area contributed by atoms with E-state index in [2.05, 4.69) is 15.2 Å². The quantitative estimate of drug-likeness (QED) is 0.891. The number of hydrogen-bond donors (Lipinski definition) is 2. The summed E-state index contributed by atoms with van der Waals surface area (Å²) in [4.78, 5) is 18.8. The number of aromatic amines is 1. The Kier molecular flexibility index (Phi) is 3.70. The molecule has 3 rings (SSSR count). The number of H-pyrrole nitrogens is 1. The average Bonchev–Trinajstić information content (AvgIpc) is 3.15.